The fourth-order valence-electron chi connectivity index (χ4n) is 1.41. The summed E-state index contributed by atoms with van der Waals surface area (Å²) < 4.78 is 0. The van der Waals surface area contributed by atoms with Crippen LogP contribution in [0.2, 0.25) is 0 Å². The van der Waals surface area contributed by atoms with Crippen LogP contribution in [-0.2, 0) is 11.3 Å². The Bertz CT molecular complexity index is 349. The van der Waals surface area contributed by atoms with E-state index in [0.717, 1.165) is 24.3 Å². The van der Waals surface area contributed by atoms with Gasteiger partial charge in [0.05, 0.1) is 5.92 Å². The first-order chi connectivity index (χ1) is 7.25. The van der Waals surface area contributed by atoms with E-state index in [-0.39, 0.29) is 24.2 Å². The molecule has 2 heterocycles. The second-order valence-electron chi connectivity index (χ2n) is 3.88. The molecule has 0 aliphatic carbocycles. The molecule has 0 spiro atoms. The molecule has 88 valence electrons. The number of nitrogens with one attached hydrogen (secondary N) is 2. The van der Waals surface area contributed by atoms with Gasteiger partial charge in [-0.2, -0.15) is 0 Å². The lowest BCUT2D eigenvalue weighted by atomic mass is 10.0. The molecule has 0 aromatic carbocycles. The lowest BCUT2D eigenvalue weighted by molar-refractivity contribution is -0.126. The second kappa shape index (κ2) is 5.82. The van der Waals surface area contributed by atoms with Crippen molar-refractivity contribution in [1.82, 2.24) is 15.6 Å². The minimum absolute atomic E-state index is 0. The van der Waals surface area contributed by atoms with E-state index >= 15 is 0 Å². The summed E-state index contributed by atoms with van der Waals surface area (Å²) in [4.78, 5) is 15.7. The van der Waals surface area contributed by atoms with Gasteiger partial charge in [0.25, 0.3) is 0 Å². The number of rotatable bonds is 3. The van der Waals surface area contributed by atoms with Crippen molar-refractivity contribution in [2.45, 2.75) is 13.5 Å². The van der Waals surface area contributed by atoms with E-state index in [9.17, 15) is 4.79 Å². The molecule has 1 amide bonds. The summed E-state index contributed by atoms with van der Waals surface area (Å²) in [5, 5.41) is 5.98. The highest BCUT2D eigenvalue weighted by Gasteiger charge is 2.24. The van der Waals surface area contributed by atoms with E-state index in [1.165, 1.54) is 0 Å². The fraction of sp³-hybridized carbons (Fsp3) is 0.455. The van der Waals surface area contributed by atoms with Crippen LogP contribution in [0, 0.1) is 12.8 Å². The molecule has 0 bridgehead atoms. The van der Waals surface area contributed by atoms with E-state index in [2.05, 4.69) is 15.6 Å². The molecule has 5 heteroatoms. The van der Waals surface area contributed by atoms with Crippen LogP contribution in [0.5, 0.6) is 0 Å². The molecular formula is C11H16ClN3O. The van der Waals surface area contributed by atoms with Gasteiger partial charge < -0.3 is 10.6 Å². The number of nitrogens with zero attached hydrogens (tertiary/aromatic N) is 1. The van der Waals surface area contributed by atoms with Crippen molar-refractivity contribution < 1.29 is 4.79 Å². The molecule has 1 aliphatic heterocycles. The highest BCUT2D eigenvalue weighted by molar-refractivity contribution is 5.85. The predicted octanol–water partition coefficient (Wildman–Crippen LogP) is 0.647. The summed E-state index contributed by atoms with van der Waals surface area (Å²) in [6, 6.07) is 3.94. The molecule has 0 atom stereocenters. The quantitative estimate of drug-likeness (QED) is 0.817. The second-order valence-corrected chi connectivity index (χ2v) is 3.88. The smallest absolute Gasteiger partial charge is 0.225 e. The van der Waals surface area contributed by atoms with Crippen molar-refractivity contribution in [2.24, 2.45) is 5.92 Å². The molecule has 1 saturated heterocycles. The lowest BCUT2D eigenvalue weighted by Gasteiger charge is -2.25. The Morgan fingerprint density at radius 1 is 1.56 bits per heavy atom. The number of aromatic nitrogens is 1. The minimum atomic E-state index is 0. The summed E-state index contributed by atoms with van der Waals surface area (Å²) in [5.74, 6) is 0.290. The van der Waals surface area contributed by atoms with Crippen LogP contribution >= 0.6 is 12.4 Å². The summed E-state index contributed by atoms with van der Waals surface area (Å²) in [6.45, 7) is 4.13. The number of carbonyl (C=O) groups is 1. The van der Waals surface area contributed by atoms with Crippen molar-refractivity contribution in [3.63, 3.8) is 0 Å². The molecule has 1 aromatic heterocycles. The largest absolute Gasteiger partial charge is 0.352 e. The Balaban J connectivity index is 0.00000128. The highest BCUT2D eigenvalue weighted by Crippen LogP contribution is 2.03. The molecule has 1 fully saturated rings. The Kier molecular flexibility index (Phi) is 4.71. The molecule has 0 radical (unpaired) electrons. The van der Waals surface area contributed by atoms with Crippen LogP contribution in [-0.4, -0.2) is 24.0 Å². The van der Waals surface area contributed by atoms with Crippen LogP contribution in [0.4, 0.5) is 0 Å². The van der Waals surface area contributed by atoms with Crippen LogP contribution < -0.4 is 10.6 Å². The Morgan fingerprint density at radius 3 is 2.81 bits per heavy atom. The molecule has 16 heavy (non-hydrogen) atoms. The van der Waals surface area contributed by atoms with Crippen molar-refractivity contribution in [2.75, 3.05) is 13.1 Å². The number of pyridine rings is 1. The third-order valence-corrected chi connectivity index (χ3v) is 2.59. The standard InChI is InChI=1S/C11H15N3O.ClH/c1-8-2-3-9(4-13-8)5-14-11(15)10-6-12-7-10;/h2-4,10,12H,5-7H2,1H3,(H,14,15);1H. The maximum Gasteiger partial charge on any atom is 0.225 e. The lowest BCUT2D eigenvalue weighted by Crippen LogP contribution is -2.50. The van der Waals surface area contributed by atoms with E-state index in [1.807, 2.05) is 19.1 Å². The van der Waals surface area contributed by atoms with Crippen molar-refractivity contribution in [3.8, 4) is 0 Å². The maximum absolute atomic E-state index is 11.5. The van der Waals surface area contributed by atoms with Gasteiger partial charge in [-0.05, 0) is 18.6 Å². The predicted molar refractivity (Wildman–Crippen MR) is 64.4 cm³/mol. The minimum Gasteiger partial charge on any atom is -0.352 e. The third kappa shape index (κ3) is 3.18. The topological polar surface area (TPSA) is 54.0 Å². The number of amides is 1. The Hall–Kier alpha value is -1.13. The SMILES string of the molecule is Cc1ccc(CNC(=O)C2CNC2)cn1.Cl. The summed E-state index contributed by atoms with van der Waals surface area (Å²) in [7, 11) is 0. The van der Waals surface area contributed by atoms with Gasteiger partial charge in [-0.25, -0.2) is 0 Å². The monoisotopic (exact) mass is 241 g/mol. The van der Waals surface area contributed by atoms with Gasteiger partial charge in [0, 0.05) is 31.5 Å². The molecule has 2 N–H and O–H groups in total. The van der Waals surface area contributed by atoms with Crippen LogP contribution in [0.15, 0.2) is 18.3 Å². The number of halogens is 1. The van der Waals surface area contributed by atoms with Gasteiger partial charge in [0.15, 0.2) is 0 Å². The molecule has 4 nitrogen and oxygen atoms in total. The third-order valence-electron chi connectivity index (χ3n) is 2.59. The van der Waals surface area contributed by atoms with E-state index < -0.39 is 0 Å². The van der Waals surface area contributed by atoms with Gasteiger partial charge in [-0.1, -0.05) is 6.07 Å². The first-order valence-electron chi connectivity index (χ1n) is 5.15. The maximum atomic E-state index is 11.5. The van der Waals surface area contributed by atoms with Crippen molar-refractivity contribution >= 4 is 18.3 Å². The molecule has 0 unspecified atom stereocenters. The number of hydrogen-bond donors (Lipinski definition) is 2. The average molecular weight is 242 g/mol. The van der Waals surface area contributed by atoms with E-state index in [1.54, 1.807) is 6.20 Å². The summed E-state index contributed by atoms with van der Waals surface area (Å²) in [6.07, 6.45) is 1.80. The molecule has 1 aliphatic rings. The first-order valence-corrected chi connectivity index (χ1v) is 5.15. The molecular weight excluding hydrogens is 226 g/mol. The average Bonchev–Trinajstić information content (AvgIpc) is 2.14. The van der Waals surface area contributed by atoms with Crippen LogP contribution in [0.25, 0.3) is 0 Å². The van der Waals surface area contributed by atoms with Gasteiger partial charge >= 0.3 is 0 Å². The van der Waals surface area contributed by atoms with Gasteiger partial charge in [0.2, 0.25) is 5.91 Å². The normalized spacial score (nSPS) is 14.8. The van der Waals surface area contributed by atoms with Crippen molar-refractivity contribution in [3.05, 3.63) is 29.6 Å². The fourth-order valence-corrected chi connectivity index (χ4v) is 1.41. The van der Waals surface area contributed by atoms with Gasteiger partial charge in [-0.3, -0.25) is 9.78 Å². The number of hydrogen-bond acceptors (Lipinski definition) is 3. The Labute approximate surface area is 101 Å². The zero-order chi connectivity index (χ0) is 10.7. The van der Waals surface area contributed by atoms with Crippen LogP contribution in [0.1, 0.15) is 11.3 Å². The zero-order valence-corrected chi connectivity index (χ0v) is 10.0. The van der Waals surface area contributed by atoms with E-state index in [0.29, 0.717) is 6.54 Å². The van der Waals surface area contributed by atoms with Crippen LogP contribution in [0.3, 0.4) is 0 Å². The Morgan fingerprint density at radius 2 is 2.31 bits per heavy atom. The zero-order valence-electron chi connectivity index (χ0n) is 9.19. The number of carbonyl (C=O) groups excluding carboxylic acids is 1. The summed E-state index contributed by atoms with van der Waals surface area (Å²) in [5.41, 5.74) is 2.04. The highest BCUT2D eigenvalue weighted by atomic mass is 35.5. The van der Waals surface area contributed by atoms with Crippen molar-refractivity contribution in [1.29, 1.82) is 0 Å². The summed E-state index contributed by atoms with van der Waals surface area (Å²) >= 11 is 0. The molecule has 2 rings (SSSR count). The van der Waals surface area contributed by atoms with Gasteiger partial charge in [-0.15, -0.1) is 12.4 Å². The molecule has 0 saturated carbocycles. The van der Waals surface area contributed by atoms with E-state index in [4.69, 9.17) is 0 Å². The molecule has 1 aromatic rings. The van der Waals surface area contributed by atoms with Gasteiger partial charge in [0.1, 0.15) is 0 Å². The number of aryl methyl sites for hydroxylation is 1. The first kappa shape index (κ1) is 12.9.